The van der Waals surface area contributed by atoms with Crippen molar-refractivity contribution in [1.29, 1.82) is 0 Å². The Morgan fingerprint density at radius 2 is 2.30 bits per heavy atom. The topological polar surface area (TPSA) is 62.5 Å². The third-order valence-corrected chi connectivity index (χ3v) is 4.45. The molecule has 1 unspecified atom stereocenters. The molecule has 0 saturated carbocycles. The second-order valence-electron chi connectivity index (χ2n) is 6.74. The highest BCUT2D eigenvalue weighted by molar-refractivity contribution is 5.99. The molecular formula is C17H25N5O. The Labute approximate surface area is 136 Å². The standard InChI is InChI=1S/C17H25N5O/c1-12(2)10-21-8-4-5-13(11-21)15-6-7-19-16-14(17(23)18-3)9-20-22(15)16/h6-7,9,12-13H,4-5,8,10-11H2,1-3H3,(H,18,23). The Hall–Kier alpha value is -1.95. The summed E-state index contributed by atoms with van der Waals surface area (Å²) in [5.41, 5.74) is 2.32. The molecule has 6 nitrogen and oxygen atoms in total. The fraction of sp³-hybridized carbons (Fsp3) is 0.588. The first-order valence-electron chi connectivity index (χ1n) is 8.37. The Morgan fingerprint density at radius 1 is 1.48 bits per heavy atom. The van der Waals surface area contributed by atoms with Crippen molar-refractivity contribution in [2.24, 2.45) is 5.92 Å². The molecule has 0 aromatic carbocycles. The van der Waals surface area contributed by atoms with Gasteiger partial charge in [-0.1, -0.05) is 13.8 Å². The summed E-state index contributed by atoms with van der Waals surface area (Å²) >= 11 is 0. The quantitative estimate of drug-likeness (QED) is 0.936. The summed E-state index contributed by atoms with van der Waals surface area (Å²) in [6, 6.07) is 2.04. The van der Waals surface area contributed by atoms with Gasteiger partial charge in [0.15, 0.2) is 5.65 Å². The Kier molecular flexibility index (Phi) is 4.61. The average Bonchev–Trinajstić information content (AvgIpc) is 2.97. The summed E-state index contributed by atoms with van der Waals surface area (Å²) in [6.07, 6.45) is 5.76. The highest BCUT2D eigenvalue weighted by Crippen LogP contribution is 2.27. The van der Waals surface area contributed by atoms with Crippen LogP contribution in [0.4, 0.5) is 0 Å². The minimum absolute atomic E-state index is 0.144. The van der Waals surface area contributed by atoms with Crippen LogP contribution in [0.1, 0.15) is 48.7 Å². The second-order valence-corrected chi connectivity index (χ2v) is 6.74. The second kappa shape index (κ2) is 6.66. The molecule has 1 atom stereocenters. The molecular weight excluding hydrogens is 290 g/mol. The number of nitrogens with one attached hydrogen (secondary N) is 1. The lowest BCUT2D eigenvalue weighted by Crippen LogP contribution is -2.37. The van der Waals surface area contributed by atoms with Gasteiger partial charge in [-0.2, -0.15) is 5.10 Å². The van der Waals surface area contributed by atoms with Gasteiger partial charge in [-0.25, -0.2) is 9.50 Å². The first kappa shape index (κ1) is 15.9. The van der Waals surface area contributed by atoms with Crippen LogP contribution in [0.5, 0.6) is 0 Å². The van der Waals surface area contributed by atoms with Gasteiger partial charge in [0, 0.05) is 32.3 Å². The largest absolute Gasteiger partial charge is 0.355 e. The normalized spacial score (nSPS) is 19.4. The minimum Gasteiger partial charge on any atom is -0.355 e. The van der Waals surface area contributed by atoms with Crippen LogP contribution in [0.3, 0.4) is 0 Å². The van der Waals surface area contributed by atoms with E-state index in [1.165, 1.54) is 13.0 Å². The summed E-state index contributed by atoms with van der Waals surface area (Å²) in [5, 5.41) is 7.07. The third-order valence-electron chi connectivity index (χ3n) is 4.45. The summed E-state index contributed by atoms with van der Waals surface area (Å²) in [4.78, 5) is 18.8. The zero-order valence-corrected chi connectivity index (χ0v) is 14.1. The van der Waals surface area contributed by atoms with Crippen LogP contribution in [-0.2, 0) is 0 Å². The van der Waals surface area contributed by atoms with E-state index in [1.54, 1.807) is 19.4 Å². The van der Waals surface area contributed by atoms with E-state index in [4.69, 9.17) is 0 Å². The maximum Gasteiger partial charge on any atom is 0.256 e. The van der Waals surface area contributed by atoms with Gasteiger partial charge < -0.3 is 10.2 Å². The van der Waals surface area contributed by atoms with E-state index >= 15 is 0 Å². The predicted octanol–water partition coefficient (Wildman–Crippen LogP) is 1.92. The number of rotatable bonds is 4. The van der Waals surface area contributed by atoms with E-state index in [2.05, 4.69) is 34.1 Å². The van der Waals surface area contributed by atoms with Gasteiger partial charge >= 0.3 is 0 Å². The summed E-state index contributed by atoms with van der Waals surface area (Å²) in [7, 11) is 1.63. The number of fused-ring (bicyclic) bond motifs is 1. The van der Waals surface area contributed by atoms with Crippen molar-refractivity contribution in [3.05, 3.63) is 29.7 Å². The molecule has 124 valence electrons. The molecule has 3 rings (SSSR count). The fourth-order valence-electron chi connectivity index (χ4n) is 3.49. The first-order chi connectivity index (χ1) is 11.1. The first-order valence-corrected chi connectivity index (χ1v) is 8.37. The molecule has 23 heavy (non-hydrogen) atoms. The SMILES string of the molecule is CNC(=O)c1cnn2c(C3CCCN(CC(C)C)C3)ccnc12. The van der Waals surface area contributed by atoms with Gasteiger partial charge in [-0.3, -0.25) is 4.79 Å². The van der Waals surface area contributed by atoms with Gasteiger partial charge in [-0.05, 0) is 31.4 Å². The van der Waals surface area contributed by atoms with Crippen LogP contribution >= 0.6 is 0 Å². The van der Waals surface area contributed by atoms with Crippen molar-refractivity contribution in [2.75, 3.05) is 26.7 Å². The van der Waals surface area contributed by atoms with Gasteiger partial charge in [0.05, 0.1) is 11.9 Å². The smallest absolute Gasteiger partial charge is 0.256 e. The van der Waals surface area contributed by atoms with E-state index in [1.807, 2.05) is 10.6 Å². The lowest BCUT2D eigenvalue weighted by molar-refractivity contribution is 0.0964. The molecule has 1 saturated heterocycles. The molecule has 6 heteroatoms. The number of nitrogens with zero attached hydrogens (tertiary/aromatic N) is 4. The lowest BCUT2D eigenvalue weighted by atomic mass is 9.94. The van der Waals surface area contributed by atoms with E-state index in [-0.39, 0.29) is 5.91 Å². The van der Waals surface area contributed by atoms with Crippen molar-refractivity contribution >= 4 is 11.6 Å². The van der Waals surface area contributed by atoms with E-state index in [9.17, 15) is 4.79 Å². The molecule has 2 aromatic heterocycles. The number of hydrogen-bond acceptors (Lipinski definition) is 4. The zero-order chi connectivity index (χ0) is 16.4. The van der Waals surface area contributed by atoms with Crippen molar-refractivity contribution in [3.63, 3.8) is 0 Å². The van der Waals surface area contributed by atoms with Gasteiger partial charge in [0.1, 0.15) is 5.56 Å². The van der Waals surface area contributed by atoms with Crippen LogP contribution < -0.4 is 5.32 Å². The lowest BCUT2D eigenvalue weighted by Gasteiger charge is -2.33. The predicted molar refractivity (Wildman–Crippen MR) is 89.6 cm³/mol. The maximum atomic E-state index is 11.9. The van der Waals surface area contributed by atoms with Crippen molar-refractivity contribution in [1.82, 2.24) is 24.8 Å². The molecule has 3 heterocycles. The molecule has 1 N–H and O–H groups in total. The molecule has 0 bridgehead atoms. The van der Waals surface area contributed by atoms with Crippen LogP contribution in [0.2, 0.25) is 0 Å². The monoisotopic (exact) mass is 315 g/mol. The number of likely N-dealkylation sites (tertiary alicyclic amines) is 1. The molecule has 0 radical (unpaired) electrons. The Morgan fingerprint density at radius 3 is 3.04 bits per heavy atom. The van der Waals surface area contributed by atoms with Crippen molar-refractivity contribution in [3.8, 4) is 0 Å². The molecule has 1 fully saturated rings. The van der Waals surface area contributed by atoms with E-state index < -0.39 is 0 Å². The highest BCUT2D eigenvalue weighted by atomic mass is 16.1. The highest BCUT2D eigenvalue weighted by Gasteiger charge is 2.25. The molecule has 0 aliphatic carbocycles. The minimum atomic E-state index is -0.144. The number of carbonyl (C=O) groups is 1. The zero-order valence-electron chi connectivity index (χ0n) is 14.1. The van der Waals surface area contributed by atoms with Crippen molar-refractivity contribution in [2.45, 2.75) is 32.6 Å². The van der Waals surface area contributed by atoms with E-state index in [0.29, 0.717) is 23.0 Å². The maximum absolute atomic E-state index is 11.9. The van der Waals surface area contributed by atoms with E-state index in [0.717, 1.165) is 25.2 Å². The molecule has 1 aliphatic rings. The Bertz CT molecular complexity index is 693. The fourth-order valence-corrected chi connectivity index (χ4v) is 3.49. The summed E-state index contributed by atoms with van der Waals surface area (Å²) < 4.78 is 1.84. The molecule has 0 spiro atoms. The van der Waals surface area contributed by atoms with Crippen LogP contribution in [0.15, 0.2) is 18.5 Å². The van der Waals surface area contributed by atoms with Gasteiger partial charge in [0.2, 0.25) is 0 Å². The van der Waals surface area contributed by atoms with Crippen LogP contribution in [0.25, 0.3) is 5.65 Å². The van der Waals surface area contributed by atoms with Gasteiger partial charge in [0.25, 0.3) is 5.91 Å². The molecule has 1 amide bonds. The van der Waals surface area contributed by atoms with Crippen LogP contribution in [0, 0.1) is 5.92 Å². The summed E-state index contributed by atoms with van der Waals surface area (Å²) in [6.45, 7) is 7.88. The molecule has 1 aliphatic heterocycles. The average molecular weight is 315 g/mol. The number of hydrogen-bond donors (Lipinski definition) is 1. The Balaban J connectivity index is 1.90. The number of carbonyl (C=O) groups excluding carboxylic acids is 1. The third kappa shape index (κ3) is 3.22. The van der Waals surface area contributed by atoms with Crippen LogP contribution in [-0.4, -0.2) is 52.1 Å². The molecule has 2 aromatic rings. The van der Waals surface area contributed by atoms with Gasteiger partial charge in [-0.15, -0.1) is 0 Å². The number of piperidine rings is 1. The number of amides is 1. The summed E-state index contributed by atoms with van der Waals surface area (Å²) in [5.74, 6) is 0.968. The van der Waals surface area contributed by atoms with Crippen molar-refractivity contribution < 1.29 is 4.79 Å². The number of aromatic nitrogens is 3.